The molecular formula is C11H14BrFN2O2. The standard InChI is InChI=1S/C11H14BrFN2O2/c12-9-7-8(1-2-10(9)13)3-4-14-11(17)15-5-6-16/h1-2,7,16H,3-6H2,(H2,14,15,17). The Balaban J connectivity index is 2.30. The van der Waals surface area contributed by atoms with E-state index in [0.29, 0.717) is 17.4 Å². The van der Waals surface area contributed by atoms with E-state index in [9.17, 15) is 9.18 Å². The first-order valence-electron chi connectivity index (χ1n) is 5.20. The van der Waals surface area contributed by atoms with E-state index in [1.807, 2.05) is 0 Å². The number of rotatable bonds is 5. The predicted octanol–water partition coefficient (Wildman–Crippen LogP) is 1.42. The molecule has 0 heterocycles. The Kier molecular flexibility index (Phi) is 5.93. The number of hydrogen-bond donors (Lipinski definition) is 3. The van der Waals surface area contributed by atoms with Gasteiger partial charge in [0.2, 0.25) is 0 Å². The van der Waals surface area contributed by atoms with Crippen LogP contribution in [-0.4, -0.2) is 30.8 Å². The predicted molar refractivity (Wildman–Crippen MR) is 66.3 cm³/mol. The van der Waals surface area contributed by atoms with E-state index in [1.54, 1.807) is 12.1 Å². The molecule has 0 atom stereocenters. The van der Waals surface area contributed by atoms with Crippen LogP contribution in [0.4, 0.5) is 9.18 Å². The number of hydrogen-bond acceptors (Lipinski definition) is 2. The number of benzene rings is 1. The largest absolute Gasteiger partial charge is 0.395 e. The topological polar surface area (TPSA) is 61.4 Å². The Bertz CT molecular complexity index is 388. The third-order valence-electron chi connectivity index (χ3n) is 2.08. The van der Waals surface area contributed by atoms with Crippen LogP contribution in [0.25, 0.3) is 0 Å². The lowest BCUT2D eigenvalue weighted by Crippen LogP contribution is -2.37. The molecule has 2 amide bonds. The van der Waals surface area contributed by atoms with Gasteiger partial charge >= 0.3 is 6.03 Å². The van der Waals surface area contributed by atoms with Gasteiger partial charge in [-0.2, -0.15) is 0 Å². The molecule has 0 fully saturated rings. The second kappa shape index (κ2) is 7.24. The highest BCUT2D eigenvalue weighted by molar-refractivity contribution is 9.10. The molecule has 6 heteroatoms. The molecule has 1 aromatic rings. The van der Waals surface area contributed by atoms with Gasteiger partial charge in [-0.05, 0) is 40.0 Å². The summed E-state index contributed by atoms with van der Waals surface area (Å²) in [6, 6.07) is 4.42. The zero-order valence-corrected chi connectivity index (χ0v) is 10.8. The number of urea groups is 1. The average molecular weight is 305 g/mol. The first kappa shape index (κ1) is 13.9. The van der Waals surface area contributed by atoms with Gasteiger partial charge in [0.15, 0.2) is 0 Å². The summed E-state index contributed by atoms with van der Waals surface area (Å²) < 4.78 is 13.4. The van der Waals surface area contributed by atoms with E-state index in [4.69, 9.17) is 5.11 Å². The molecule has 0 aliphatic rings. The summed E-state index contributed by atoms with van der Waals surface area (Å²) in [5.41, 5.74) is 0.931. The third kappa shape index (κ3) is 5.14. The molecule has 0 aliphatic carbocycles. The summed E-state index contributed by atoms with van der Waals surface area (Å²) in [5.74, 6) is -0.303. The minimum Gasteiger partial charge on any atom is -0.395 e. The fourth-order valence-electron chi connectivity index (χ4n) is 1.25. The smallest absolute Gasteiger partial charge is 0.314 e. The van der Waals surface area contributed by atoms with Crippen molar-refractivity contribution in [2.24, 2.45) is 0 Å². The van der Waals surface area contributed by atoms with Crippen molar-refractivity contribution in [2.45, 2.75) is 6.42 Å². The Hall–Kier alpha value is -1.14. The van der Waals surface area contributed by atoms with E-state index >= 15 is 0 Å². The maximum absolute atomic E-state index is 12.9. The summed E-state index contributed by atoms with van der Waals surface area (Å²) in [7, 11) is 0. The first-order chi connectivity index (χ1) is 8.13. The molecule has 0 spiro atoms. The summed E-state index contributed by atoms with van der Waals surface area (Å²) in [4.78, 5) is 11.1. The number of amides is 2. The average Bonchev–Trinajstić information content (AvgIpc) is 2.31. The van der Waals surface area contributed by atoms with E-state index in [1.165, 1.54) is 6.07 Å². The molecule has 3 N–H and O–H groups in total. The lowest BCUT2D eigenvalue weighted by Gasteiger charge is -2.06. The minimum absolute atomic E-state index is 0.0850. The van der Waals surface area contributed by atoms with E-state index < -0.39 is 0 Å². The van der Waals surface area contributed by atoms with Crippen LogP contribution in [0.2, 0.25) is 0 Å². The van der Waals surface area contributed by atoms with Gasteiger partial charge in [-0.1, -0.05) is 6.07 Å². The van der Waals surface area contributed by atoms with Crippen LogP contribution in [0.5, 0.6) is 0 Å². The molecule has 0 saturated heterocycles. The van der Waals surface area contributed by atoms with Gasteiger partial charge in [-0.15, -0.1) is 0 Å². The van der Waals surface area contributed by atoms with Crippen LogP contribution in [-0.2, 0) is 6.42 Å². The van der Waals surface area contributed by atoms with Crippen LogP contribution in [0.15, 0.2) is 22.7 Å². The molecular weight excluding hydrogens is 291 g/mol. The molecule has 0 aromatic heterocycles. The van der Waals surface area contributed by atoms with Crippen LogP contribution >= 0.6 is 15.9 Å². The van der Waals surface area contributed by atoms with Crippen molar-refractivity contribution in [3.63, 3.8) is 0 Å². The van der Waals surface area contributed by atoms with Crippen molar-refractivity contribution >= 4 is 22.0 Å². The third-order valence-corrected chi connectivity index (χ3v) is 2.69. The van der Waals surface area contributed by atoms with Gasteiger partial charge < -0.3 is 15.7 Å². The molecule has 0 aliphatic heterocycles. The number of carbonyl (C=O) groups is 1. The first-order valence-corrected chi connectivity index (χ1v) is 5.99. The van der Waals surface area contributed by atoms with Crippen molar-refractivity contribution in [1.82, 2.24) is 10.6 Å². The number of aliphatic hydroxyl groups excluding tert-OH is 1. The van der Waals surface area contributed by atoms with Gasteiger partial charge in [0.1, 0.15) is 5.82 Å². The van der Waals surface area contributed by atoms with Crippen molar-refractivity contribution in [3.8, 4) is 0 Å². The van der Waals surface area contributed by atoms with Crippen LogP contribution in [0, 0.1) is 5.82 Å². The lowest BCUT2D eigenvalue weighted by atomic mass is 10.1. The SMILES string of the molecule is O=C(NCCO)NCCc1ccc(F)c(Br)c1. The molecule has 0 bridgehead atoms. The fraction of sp³-hybridized carbons (Fsp3) is 0.364. The monoisotopic (exact) mass is 304 g/mol. The Morgan fingerprint density at radius 2 is 2.06 bits per heavy atom. The molecule has 1 aromatic carbocycles. The van der Waals surface area contributed by atoms with Gasteiger partial charge in [0.25, 0.3) is 0 Å². The molecule has 94 valence electrons. The molecule has 0 unspecified atom stereocenters. The normalized spacial score (nSPS) is 10.1. The number of aliphatic hydroxyl groups is 1. The molecule has 1 rings (SSSR count). The van der Waals surface area contributed by atoms with Gasteiger partial charge in [-0.25, -0.2) is 9.18 Å². The maximum atomic E-state index is 12.9. The van der Waals surface area contributed by atoms with Crippen molar-refractivity contribution in [3.05, 3.63) is 34.1 Å². The van der Waals surface area contributed by atoms with Gasteiger partial charge in [0.05, 0.1) is 11.1 Å². The minimum atomic E-state index is -0.319. The Morgan fingerprint density at radius 3 is 2.71 bits per heavy atom. The number of nitrogens with one attached hydrogen (secondary N) is 2. The zero-order valence-electron chi connectivity index (χ0n) is 9.17. The highest BCUT2D eigenvalue weighted by Crippen LogP contribution is 2.16. The molecule has 4 nitrogen and oxygen atoms in total. The van der Waals surface area contributed by atoms with Crippen molar-refractivity contribution < 1.29 is 14.3 Å². The lowest BCUT2D eigenvalue weighted by molar-refractivity contribution is 0.234. The summed E-state index contributed by atoms with van der Waals surface area (Å²) in [5, 5.41) is 13.6. The highest BCUT2D eigenvalue weighted by atomic mass is 79.9. The second-order valence-corrected chi connectivity index (χ2v) is 4.26. The van der Waals surface area contributed by atoms with E-state index in [0.717, 1.165) is 5.56 Å². The van der Waals surface area contributed by atoms with Crippen LogP contribution < -0.4 is 10.6 Å². The van der Waals surface area contributed by atoms with Crippen LogP contribution in [0.3, 0.4) is 0 Å². The van der Waals surface area contributed by atoms with E-state index in [2.05, 4.69) is 26.6 Å². The molecule has 0 radical (unpaired) electrons. The summed E-state index contributed by atoms with van der Waals surface area (Å²) >= 11 is 3.10. The quantitative estimate of drug-likeness (QED) is 0.770. The highest BCUT2D eigenvalue weighted by Gasteiger charge is 2.02. The second-order valence-electron chi connectivity index (χ2n) is 3.40. The molecule has 17 heavy (non-hydrogen) atoms. The molecule has 0 saturated carbocycles. The Morgan fingerprint density at radius 1 is 1.35 bits per heavy atom. The van der Waals surface area contributed by atoms with E-state index in [-0.39, 0.29) is 25.0 Å². The fourth-order valence-corrected chi connectivity index (χ4v) is 1.67. The maximum Gasteiger partial charge on any atom is 0.314 e. The van der Waals surface area contributed by atoms with Crippen molar-refractivity contribution in [1.29, 1.82) is 0 Å². The van der Waals surface area contributed by atoms with Gasteiger partial charge in [-0.3, -0.25) is 0 Å². The van der Waals surface area contributed by atoms with Crippen LogP contribution in [0.1, 0.15) is 5.56 Å². The summed E-state index contributed by atoms with van der Waals surface area (Å²) in [6.07, 6.45) is 0.616. The van der Waals surface area contributed by atoms with Crippen molar-refractivity contribution in [2.75, 3.05) is 19.7 Å². The van der Waals surface area contributed by atoms with Gasteiger partial charge in [0, 0.05) is 13.1 Å². The summed E-state index contributed by atoms with van der Waals surface area (Å²) in [6.45, 7) is 0.599. The number of halogens is 2. The number of carbonyl (C=O) groups excluding carboxylic acids is 1. The zero-order chi connectivity index (χ0) is 12.7. The Labute approximate surface area is 107 Å².